The molecule has 1 heterocycles. The third-order valence-electron chi connectivity index (χ3n) is 6.83. The largest absolute Gasteiger partial charge is 0.489 e. The lowest BCUT2D eigenvalue weighted by Crippen LogP contribution is -2.55. The number of rotatable bonds is 11. The first kappa shape index (κ1) is 32.0. The SMILES string of the molecule is CC(C)CC(NC(=O)N1CCCCCC1)C(=O)NC(Cc1ccc(OCc2ccccc2)cc1)C(=O)OC(C)(C)C. The van der Waals surface area contributed by atoms with Crippen molar-refractivity contribution in [3.05, 3.63) is 65.7 Å². The third kappa shape index (κ3) is 11.5. The van der Waals surface area contributed by atoms with E-state index in [1.165, 1.54) is 0 Å². The fraction of sp³-hybridized carbons (Fsp3) is 0.545. The van der Waals surface area contributed by atoms with Crippen molar-refractivity contribution in [2.24, 2.45) is 5.92 Å². The summed E-state index contributed by atoms with van der Waals surface area (Å²) in [7, 11) is 0. The summed E-state index contributed by atoms with van der Waals surface area (Å²) in [6.45, 7) is 11.2. The van der Waals surface area contributed by atoms with Crippen molar-refractivity contribution < 1.29 is 23.9 Å². The molecule has 0 spiro atoms. The molecule has 0 aromatic heterocycles. The van der Waals surface area contributed by atoms with E-state index >= 15 is 0 Å². The summed E-state index contributed by atoms with van der Waals surface area (Å²) in [5.74, 6) is -0.0276. The van der Waals surface area contributed by atoms with Gasteiger partial charge in [-0.05, 0) is 69.2 Å². The summed E-state index contributed by atoms with van der Waals surface area (Å²) < 4.78 is 11.5. The minimum Gasteiger partial charge on any atom is -0.489 e. The van der Waals surface area contributed by atoms with Crippen molar-refractivity contribution >= 4 is 17.9 Å². The number of carbonyl (C=O) groups is 3. The molecule has 3 amide bonds. The summed E-state index contributed by atoms with van der Waals surface area (Å²) in [5, 5.41) is 5.84. The van der Waals surface area contributed by atoms with Gasteiger partial charge in [-0.1, -0.05) is 69.2 Å². The van der Waals surface area contributed by atoms with Crippen molar-refractivity contribution in [3.63, 3.8) is 0 Å². The Balaban J connectivity index is 1.70. The van der Waals surface area contributed by atoms with Gasteiger partial charge in [0.05, 0.1) is 0 Å². The number of ether oxygens (including phenoxy) is 2. The fourth-order valence-corrected chi connectivity index (χ4v) is 4.75. The lowest BCUT2D eigenvalue weighted by Gasteiger charge is -2.28. The Kier molecular flexibility index (Phi) is 12.0. The molecular weight excluding hydrogens is 518 g/mol. The molecule has 2 aromatic rings. The molecule has 0 aliphatic carbocycles. The number of hydrogen-bond donors (Lipinski definition) is 2. The van der Waals surface area contributed by atoms with Crippen molar-refractivity contribution in [2.45, 2.75) is 97.4 Å². The number of carbonyl (C=O) groups excluding carboxylic acids is 3. The Morgan fingerprint density at radius 1 is 0.829 bits per heavy atom. The second kappa shape index (κ2) is 15.5. The number of urea groups is 1. The number of nitrogens with one attached hydrogen (secondary N) is 2. The molecule has 1 saturated heterocycles. The Morgan fingerprint density at radius 3 is 2.05 bits per heavy atom. The first-order valence-electron chi connectivity index (χ1n) is 14.8. The van der Waals surface area contributed by atoms with Crippen LogP contribution < -0.4 is 15.4 Å². The monoisotopic (exact) mass is 565 g/mol. The van der Waals surface area contributed by atoms with Crippen LogP contribution in [0.2, 0.25) is 0 Å². The van der Waals surface area contributed by atoms with Gasteiger partial charge in [0.1, 0.15) is 30.0 Å². The Hall–Kier alpha value is -3.55. The van der Waals surface area contributed by atoms with Crippen LogP contribution in [0.3, 0.4) is 0 Å². The van der Waals surface area contributed by atoms with Crippen LogP contribution in [0.15, 0.2) is 54.6 Å². The van der Waals surface area contributed by atoms with Crippen LogP contribution in [0.1, 0.15) is 77.8 Å². The number of hydrogen-bond acceptors (Lipinski definition) is 5. The molecule has 8 heteroatoms. The minimum absolute atomic E-state index is 0.165. The van der Waals surface area contributed by atoms with Crippen LogP contribution in [-0.2, 0) is 27.4 Å². The summed E-state index contributed by atoms with van der Waals surface area (Å²) in [6.07, 6.45) is 4.85. The van der Waals surface area contributed by atoms with Crippen LogP contribution >= 0.6 is 0 Å². The molecule has 2 unspecified atom stereocenters. The molecule has 1 aliphatic heterocycles. The molecule has 41 heavy (non-hydrogen) atoms. The molecule has 2 atom stereocenters. The molecule has 2 N–H and O–H groups in total. The molecule has 0 radical (unpaired) electrons. The molecule has 224 valence electrons. The van der Waals surface area contributed by atoms with Crippen LogP contribution in [0, 0.1) is 5.92 Å². The van der Waals surface area contributed by atoms with Gasteiger partial charge < -0.3 is 25.0 Å². The van der Waals surface area contributed by atoms with Crippen LogP contribution in [0.25, 0.3) is 0 Å². The van der Waals surface area contributed by atoms with Gasteiger partial charge in [-0.3, -0.25) is 4.79 Å². The smallest absolute Gasteiger partial charge is 0.329 e. The predicted octanol–water partition coefficient (Wildman–Crippen LogP) is 5.63. The first-order valence-corrected chi connectivity index (χ1v) is 14.8. The standard InChI is InChI=1S/C33H47N3O5/c1-24(2)21-28(35-32(39)36-19-11-6-7-12-20-36)30(37)34-29(31(38)41-33(3,4)5)22-25-15-17-27(18-16-25)40-23-26-13-9-8-10-14-26/h8-10,13-18,24,28-29H,6-7,11-12,19-23H2,1-5H3,(H,34,37)(H,35,39). The van der Waals surface area contributed by atoms with Crippen molar-refractivity contribution in [1.82, 2.24) is 15.5 Å². The number of amides is 3. The van der Waals surface area contributed by atoms with Gasteiger partial charge in [0.2, 0.25) is 5.91 Å². The van der Waals surface area contributed by atoms with Gasteiger partial charge in [0.15, 0.2) is 0 Å². The maximum absolute atomic E-state index is 13.5. The molecule has 1 fully saturated rings. The number of nitrogens with zero attached hydrogens (tertiary/aromatic N) is 1. The number of benzene rings is 2. The molecule has 1 aliphatic rings. The highest BCUT2D eigenvalue weighted by molar-refractivity contribution is 5.90. The summed E-state index contributed by atoms with van der Waals surface area (Å²) in [6, 6.07) is 15.5. The van der Waals surface area contributed by atoms with E-state index in [4.69, 9.17) is 9.47 Å². The minimum atomic E-state index is -0.914. The highest BCUT2D eigenvalue weighted by atomic mass is 16.6. The zero-order valence-corrected chi connectivity index (χ0v) is 25.3. The quantitative estimate of drug-likeness (QED) is 0.344. The lowest BCUT2D eigenvalue weighted by molar-refractivity contribution is -0.158. The Labute approximate surface area is 245 Å². The maximum atomic E-state index is 13.5. The van der Waals surface area contributed by atoms with Crippen LogP contribution in [-0.4, -0.2) is 53.6 Å². The van der Waals surface area contributed by atoms with Gasteiger partial charge in [-0.2, -0.15) is 0 Å². The summed E-state index contributed by atoms with van der Waals surface area (Å²) in [4.78, 5) is 41.6. The average molecular weight is 566 g/mol. The zero-order valence-electron chi connectivity index (χ0n) is 25.3. The normalized spacial score (nSPS) is 15.4. The third-order valence-corrected chi connectivity index (χ3v) is 6.83. The van der Waals surface area contributed by atoms with E-state index in [0.717, 1.165) is 36.8 Å². The number of likely N-dealkylation sites (tertiary alicyclic amines) is 1. The molecule has 0 bridgehead atoms. The molecule has 3 rings (SSSR count). The maximum Gasteiger partial charge on any atom is 0.329 e. The predicted molar refractivity (Wildman–Crippen MR) is 161 cm³/mol. The van der Waals surface area contributed by atoms with Gasteiger partial charge in [-0.15, -0.1) is 0 Å². The molecule has 0 saturated carbocycles. The first-order chi connectivity index (χ1) is 19.5. The van der Waals surface area contributed by atoms with Gasteiger partial charge in [0.25, 0.3) is 0 Å². The average Bonchev–Trinajstić information content (AvgIpc) is 3.21. The van der Waals surface area contributed by atoms with E-state index < -0.39 is 23.7 Å². The van der Waals surface area contributed by atoms with E-state index in [0.29, 0.717) is 31.9 Å². The van der Waals surface area contributed by atoms with Crippen molar-refractivity contribution in [2.75, 3.05) is 13.1 Å². The van der Waals surface area contributed by atoms with Crippen LogP contribution in [0.4, 0.5) is 4.79 Å². The second-order valence-electron chi connectivity index (χ2n) is 12.2. The molecular formula is C33H47N3O5. The van der Waals surface area contributed by atoms with Crippen molar-refractivity contribution in [3.8, 4) is 5.75 Å². The van der Waals surface area contributed by atoms with E-state index in [-0.39, 0.29) is 24.3 Å². The topological polar surface area (TPSA) is 97.0 Å². The highest BCUT2D eigenvalue weighted by Crippen LogP contribution is 2.18. The number of esters is 1. The van der Waals surface area contributed by atoms with E-state index in [1.807, 2.05) is 68.4 Å². The van der Waals surface area contributed by atoms with Gasteiger partial charge >= 0.3 is 12.0 Å². The van der Waals surface area contributed by atoms with Gasteiger partial charge in [-0.25, -0.2) is 9.59 Å². The Morgan fingerprint density at radius 2 is 1.46 bits per heavy atom. The van der Waals surface area contributed by atoms with Crippen molar-refractivity contribution in [1.29, 1.82) is 0 Å². The summed E-state index contributed by atoms with van der Waals surface area (Å²) in [5.41, 5.74) is 1.21. The summed E-state index contributed by atoms with van der Waals surface area (Å²) >= 11 is 0. The zero-order chi connectivity index (χ0) is 29.8. The Bertz CT molecular complexity index is 1100. The molecule has 2 aromatic carbocycles. The van der Waals surface area contributed by atoms with E-state index in [2.05, 4.69) is 10.6 Å². The molecule has 8 nitrogen and oxygen atoms in total. The van der Waals surface area contributed by atoms with E-state index in [9.17, 15) is 14.4 Å². The fourth-order valence-electron chi connectivity index (χ4n) is 4.75. The second-order valence-corrected chi connectivity index (χ2v) is 12.2. The van der Waals surface area contributed by atoms with Gasteiger partial charge in [0, 0.05) is 19.5 Å². The van der Waals surface area contributed by atoms with E-state index in [1.54, 1.807) is 25.7 Å². The lowest BCUT2D eigenvalue weighted by atomic mass is 10.0. The van der Waals surface area contributed by atoms with Crippen LogP contribution in [0.5, 0.6) is 5.75 Å². The highest BCUT2D eigenvalue weighted by Gasteiger charge is 2.31.